The monoisotopic (exact) mass is 336 g/mol. The summed E-state index contributed by atoms with van der Waals surface area (Å²) in [6.45, 7) is 4.82. The fourth-order valence-electron chi connectivity index (χ4n) is 3.75. The van der Waals surface area contributed by atoms with Gasteiger partial charge in [-0.2, -0.15) is 0 Å². The molecule has 0 spiro atoms. The van der Waals surface area contributed by atoms with Crippen molar-refractivity contribution in [2.24, 2.45) is 0 Å². The Morgan fingerprint density at radius 1 is 0.920 bits per heavy atom. The van der Waals surface area contributed by atoms with E-state index < -0.39 is 5.54 Å². The number of carbonyl (C=O) groups excluding carboxylic acids is 1. The molecule has 0 bridgehead atoms. The van der Waals surface area contributed by atoms with Crippen molar-refractivity contribution in [3.8, 4) is 0 Å². The third-order valence-electron chi connectivity index (χ3n) is 5.34. The maximum Gasteiger partial charge on any atom is 0.244 e. The Kier molecular flexibility index (Phi) is 5.54. The average molecular weight is 336 g/mol. The highest BCUT2D eigenvalue weighted by Gasteiger charge is 2.39. The van der Waals surface area contributed by atoms with E-state index in [9.17, 15) is 4.79 Å². The van der Waals surface area contributed by atoms with Crippen LogP contribution in [-0.4, -0.2) is 11.4 Å². The molecule has 25 heavy (non-hydrogen) atoms. The van der Waals surface area contributed by atoms with Gasteiger partial charge in [0.05, 0.1) is 5.54 Å². The summed E-state index contributed by atoms with van der Waals surface area (Å²) in [6.07, 6.45) is 5.21. The Bertz CT molecular complexity index is 698. The molecule has 0 atom stereocenters. The SMILES string of the molecule is Cc1cccc(C)c1NC(=O)C1(NCc2ccccc2)CCCCC1. The number of aryl methyl sites for hydroxylation is 2. The number of rotatable bonds is 5. The maximum absolute atomic E-state index is 13.2. The van der Waals surface area contributed by atoms with E-state index in [2.05, 4.69) is 22.8 Å². The lowest BCUT2D eigenvalue weighted by Crippen LogP contribution is -2.55. The molecule has 0 radical (unpaired) electrons. The number of amides is 1. The van der Waals surface area contributed by atoms with Crippen LogP contribution in [0.15, 0.2) is 48.5 Å². The van der Waals surface area contributed by atoms with Gasteiger partial charge in [0.2, 0.25) is 5.91 Å². The van der Waals surface area contributed by atoms with Gasteiger partial charge in [-0.25, -0.2) is 0 Å². The molecule has 3 rings (SSSR count). The van der Waals surface area contributed by atoms with E-state index >= 15 is 0 Å². The summed E-state index contributed by atoms with van der Waals surface area (Å²) in [4.78, 5) is 13.2. The lowest BCUT2D eigenvalue weighted by molar-refractivity contribution is -0.123. The molecule has 1 amide bonds. The van der Waals surface area contributed by atoms with Crippen molar-refractivity contribution < 1.29 is 4.79 Å². The van der Waals surface area contributed by atoms with Crippen LogP contribution in [0.5, 0.6) is 0 Å². The standard InChI is InChI=1S/C22H28N2O/c1-17-10-9-11-18(2)20(17)24-21(25)22(14-7-4-8-15-22)23-16-19-12-5-3-6-13-19/h3,5-6,9-13,23H,4,7-8,14-16H2,1-2H3,(H,24,25). The van der Waals surface area contributed by atoms with Gasteiger partial charge in [0.15, 0.2) is 0 Å². The van der Waals surface area contributed by atoms with Crippen LogP contribution in [0.25, 0.3) is 0 Å². The molecule has 1 fully saturated rings. The first kappa shape index (κ1) is 17.7. The molecule has 3 heteroatoms. The van der Waals surface area contributed by atoms with E-state index in [4.69, 9.17) is 0 Å². The van der Waals surface area contributed by atoms with Crippen molar-refractivity contribution in [3.05, 3.63) is 65.2 Å². The van der Waals surface area contributed by atoms with Gasteiger partial charge < -0.3 is 5.32 Å². The molecule has 2 aromatic rings. The minimum atomic E-state index is -0.469. The maximum atomic E-state index is 13.2. The van der Waals surface area contributed by atoms with E-state index in [1.165, 1.54) is 12.0 Å². The lowest BCUT2D eigenvalue weighted by Gasteiger charge is -2.37. The van der Waals surface area contributed by atoms with Crippen LogP contribution in [0.2, 0.25) is 0 Å². The number of para-hydroxylation sites is 1. The smallest absolute Gasteiger partial charge is 0.244 e. The topological polar surface area (TPSA) is 41.1 Å². The number of anilines is 1. The Labute approximate surface area is 150 Å². The van der Waals surface area contributed by atoms with Crippen molar-refractivity contribution in [1.29, 1.82) is 0 Å². The first-order valence-corrected chi connectivity index (χ1v) is 9.27. The minimum absolute atomic E-state index is 0.112. The zero-order chi connectivity index (χ0) is 17.7. The molecular formula is C22H28N2O. The Hall–Kier alpha value is -2.13. The molecular weight excluding hydrogens is 308 g/mol. The van der Waals surface area contributed by atoms with Crippen LogP contribution in [0.4, 0.5) is 5.69 Å². The normalized spacial score (nSPS) is 16.4. The van der Waals surface area contributed by atoms with Gasteiger partial charge in [-0.15, -0.1) is 0 Å². The Balaban J connectivity index is 1.78. The van der Waals surface area contributed by atoms with E-state index in [1.54, 1.807) is 0 Å². The largest absolute Gasteiger partial charge is 0.324 e. The van der Waals surface area contributed by atoms with E-state index in [-0.39, 0.29) is 5.91 Å². The molecule has 2 N–H and O–H groups in total. The fourth-order valence-corrected chi connectivity index (χ4v) is 3.75. The van der Waals surface area contributed by atoms with Crippen LogP contribution in [0.3, 0.4) is 0 Å². The zero-order valence-corrected chi connectivity index (χ0v) is 15.3. The second-order valence-corrected chi connectivity index (χ2v) is 7.20. The first-order chi connectivity index (χ1) is 12.1. The van der Waals surface area contributed by atoms with Gasteiger partial charge in [-0.3, -0.25) is 10.1 Å². The van der Waals surface area contributed by atoms with Crippen LogP contribution in [0.1, 0.15) is 48.8 Å². The molecule has 0 aromatic heterocycles. The molecule has 0 saturated heterocycles. The van der Waals surface area contributed by atoms with Crippen molar-refractivity contribution in [2.75, 3.05) is 5.32 Å². The zero-order valence-electron chi connectivity index (χ0n) is 15.3. The van der Waals surface area contributed by atoms with Crippen molar-refractivity contribution in [3.63, 3.8) is 0 Å². The van der Waals surface area contributed by atoms with Gasteiger partial charge in [0.25, 0.3) is 0 Å². The summed E-state index contributed by atoms with van der Waals surface area (Å²) in [5.41, 5.74) is 3.93. The molecule has 0 aliphatic heterocycles. The molecule has 1 saturated carbocycles. The van der Waals surface area contributed by atoms with Gasteiger partial charge >= 0.3 is 0 Å². The summed E-state index contributed by atoms with van der Waals surface area (Å²) >= 11 is 0. The van der Waals surface area contributed by atoms with Crippen LogP contribution < -0.4 is 10.6 Å². The average Bonchev–Trinajstić information content (AvgIpc) is 2.64. The molecule has 1 aliphatic carbocycles. The number of hydrogen-bond acceptors (Lipinski definition) is 2. The number of nitrogens with one attached hydrogen (secondary N) is 2. The lowest BCUT2D eigenvalue weighted by atomic mass is 9.80. The predicted molar refractivity (Wildman–Crippen MR) is 104 cm³/mol. The number of benzene rings is 2. The molecule has 0 heterocycles. The van der Waals surface area contributed by atoms with Gasteiger partial charge in [0.1, 0.15) is 0 Å². The number of hydrogen-bond donors (Lipinski definition) is 2. The van der Waals surface area contributed by atoms with E-state index in [0.29, 0.717) is 0 Å². The van der Waals surface area contributed by atoms with Crippen LogP contribution in [0, 0.1) is 13.8 Å². The molecule has 0 unspecified atom stereocenters. The minimum Gasteiger partial charge on any atom is -0.324 e. The molecule has 2 aromatic carbocycles. The summed E-state index contributed by atoms with van der Waals surface area (Å²) in [7, 11) is 0. The van der Waals surface area contributed by atoms with Gasteiger partial charge in [0, 0.05) is 12.2 Å². The molecule has 3 nitrogen and oxygen atoms in total. The summed E-state index contributed by atoms with van der Waals surface area (Å²) in [6, 6.07) is 16.4. The van der Waals surface area contributed by atoms with E-state index in [0.717, 1.165) is 49.0 Å². The van der Waals surface area contributed by atoms with Crippen molar-refractivity contribution in [2.45, 2.75) is 58.0 Å². The van der Waals surface area contributed by atoms with Gasteiger partial charge in [-0.1, -0.05) is 67.8 Å². The molecule has 1 aliphatic rings. The highest BCUT2D eigenvalue weighted by Crippen LogP contribution is 2.31. The van der Waals surface area contributed by atoms with Crippen LogP contribution >= 0.6 is 0 Å². The van der Waals surface area contributed by atoms with Crippen LogP contribution in [-0.2, 0) is 11.3 Å². The number of carbonyl (C=O) groups is 1. The second-order valence-electron chi connectivity index (χ2n) is 7.20. The fraction of sp³-hybridized carbons (Fsp3) is 0.409. The summed E-state index contributed by atoms with van der Waals surface area (Å²) in [5.74, 6) is 0.112. The quantitative estimate of drug-likeness (QED) is 0.828. The third kappa shape index (κ3) is 4.10. The predicted octanol–water partition coefficient (Wildman–Crippen LogP) is 4.73. The van der Waals surface area contributed by atoms with Crippen molar-refractivity contribution >= 4 is 11.6 Å². The first-order valence-electron chi connectivity index (χ1n) is 9.27. The summed E-state index contributed by atoms with van der Waals surface area (Å²) in [5, 5.41) is 6.82. The van der Waals surface area contributed by atoms with E-state index in [1.807, 2.05) is 50.2 Å². The Morgan fingerprint density at radius 2 is 1.56 bits per heavy atom. The third-order valence-corrected chi connectivity index (χ3v) is 5.34. The highest BCUT2D eigenvalue weighted by molar-refractivity contribution is 5.99. The van der Waals surface area contributed by atoms with Crippen molar-refractivity contribution in [1.82, 2.24) is 5.32 Å². The second kappa shape index (κ2) is 7.83. The molecule has 132 valence electrons. The highest BCUT2D eigenvalue weighted by atomic mass is 16.2. The van der Waals surface area contributed by atoms with Gasteiger partial charge in [-0.05, 0) is 43.4 Å². The Morgan fingerprint density at radius 3 is 2.20 bits per heavy atom. The summed E-state index contributed by atoms with van der Waals surface area (Å²) < 4.78 is 0.